The smallest absolute Gasteiger partial charge is 0.252 e. The normalized spacial score (nSPS) is 13.4. The molecule has 2 rings (SSSR count). The molecular formula is C17H15Cl4NO2. The molecular weight excluding hydrogens is 392 g/mol. The van der Waals surface area contributed by atoms with Crippen molar-refractivity contribution in [3.63, 3.8) is 0 Å². The number of hydrogen-bond acceptors (Lipinski definition) is 2. The van der Waals surface area contributed by atoms with Gasteiger partial charge in [-0.1, -0.05) is 59.4 Å². The van der Waals surface area contributed by atoms with Gasteiger partial charge in [0.05, 0.1) is 27.2 Å². The SMILES string of the molecule is CCC(O)(CNC(=O)c1ccc(Cl)cc1Cl)c1ccc(Cl)c(Cl)c1. The highest BCUT2D eigenvalue weighted by atomic mass is 35.5. The lowest BCUT2D eigenvalue weighted by atomic mass is 9.91. The fraction of sp³-hybridized carbons (Fsp3) is 0.235. The Morgan fingerprint density at radius 1 is 1.04 bits per heavy atom. The Bertz CT molecular complexity index is 766. The molecule has 0 aliphatic heterocycles. The summed E-state index contributed by atoms with van der Waals surface area (Å²) in [6.07, 6.45) is 0.375. The maximum atomic E-state index is 12.3. The van der Waals surface area contributed by atoms with E-state index in [1.807, 2.05) is 6.92 Å². The van der Waals surface area contributed by atoms with Crippen molar-refractivity contribution in [2.45, 2.75) is 18.9 Å². The van der Waals surface area contributed by atoms with Crippen LogP contribution in [0.25, 0.3) is 0 Å². The number of amides is 1. The van der Waals surface area contributed by atoms with Gasteiger partial charge >= 0.3 is 0 Å². The molecule has 1 atom stereocenters. The molecule has 0 aliphatic rings. The summed E-state index contributed by atoms with van der Waals surface area (Å²) in [5.74, 6) is -0.399. The van der Waals surface area contributed by atoms with Crippen LogP contribution in [0.5, 0.6) is 0 Å². The minimum Gasteiger partial charge on any atom is -0.383 e. The Morgan fingerprint density at radius 3 is 2.33 bits per heavy atom. The van der Waals surface area contributed by atoms with E-state index in [1.165, 1.54) is 12.1 Å². The number of rotatable bonds is 5. The topological polar surface area (TPSA) is 49.3 Å². The Labute approximate surface area is 160 Å². The van der Waals surface area contributed by atoms with Crippen LogP contribution in [0.4, 0.5) is 0 Å². The summed E-state index contributed by atoms with van der Waals surface area (Å²) in [5.41, 5.74) is -0.418. The summed E-state index contributed by atoms with van der Waals surface area (Å²) < 4.78 is 0. The molecule has 0 aromatic heterocycles. The van der Waals surface area contributed by atoms with Gasteiger partial charge in [0.15, 0.2) is 0 Å². The summed E-state index contributed by atoms with van der Waals surface area (Å²) in [4.78, 5) is 12.3. The molecule has 7 heteroatoms. The fourth-order valence-corrected chi connectivity index (χ4v) is 3.00. The zero-order valence-electron chi connectivity index (χ0n) is 12.7. The van der Waals surface area contributed by atoms with Crippen molar-refractivity contribution in [2.75, 3.05) is 6.54 Å². The van der Waals surface area contributed by atoms with Gasteiger partial charge in [-0.15, -0.1) is 0 Å². The van der Waals surface area contributed by atoms with Crippen LogP contribution in [0.1, 0.15) is 29.3 Å². The number of carbonyl (C=O) groups excluding carboxylic acids is 1. The summed E-state index contributed by atoms with van der Waals surface area (Å²) in [5, 5.41) is 15.0. The van der Waals surface area contributed by atoms with E-state index in [0.717, 1.165) is 0 Å². The monoisotopic (exact) mass is 405 g/mol. The van der Waals surface area contributed by atoms with Gasteiger partial charge in [0.1, 0.15) is 5.60 Å². The molecule has 0 radical (unpaired) electrons. The number of hydrogen-bond donors (Lipinski definition) is 2. The van der Waals surface area contributed by atoms with E-state index in [1.54, 1.807) is 24.3 Å². The number of benzene rings is 2. The van der Waals surface area contributed by atoms with Crippen molar-refractivity contribution in [1.82, 2.24) is 5.32 Å². The maximum Gasteiger partial charge on any atom is 0.252 e. The molecule has 3 nitrogen and oxygen atoms in total. The predicted molar refractivity (Wildman–Crippen MR) is 99.4 cm³/mol. The molecule has 2 aromatic rings. The first-order chi connectivity index (χ1) is 11.3. The second-order valence-corrected chi connectivity index (χ2v) is 6.98. The molecule has 2 N–H and O–H groups in total. The molecule has 0 aliphatic carbocycles. The number of carbonyl (C=O) groups is 1. The van der Waals surface area contributed by atoms with E-state index in [9.17, 15) is 9.90 Å². The van der Waals surface area contributed by atoms with Crippen molar-refractivity contribution >= 4 is 52.3 Å². The van der Waals surface area contributed by atoms with Gasteiger partial charge in [-0.25, -0.2) is 0 Å². The van der Waals surface area contributed by atoms with Crippen LogP contribution in [0.15, 0.2) is 36.4 Å². The van der Waals surface area contributed by atoms with Gasteiger partial charge in [0, 0.05) is 5.02 Å². The van der Waals surface area contributed by atoms with Gasteiger partial charge in [-0.3, -0.25) is 4.79 Å². The third kappa shape index (κ3) is 4.35. The first-order valence-corrected chi connectivity index (χ1v) is 8.69. The number of nitrogens with one attached hydrogen (secondary N) is 1. The van der Waals surface area contributed by atoms with E-state index >= 15 is 0 Å². The van der Waals surface area contributed by atoms with Crippen LogP contribution in [0, 0.1) is 0 Å². The Kier molecular flexibility index (Phi) is 6.40. The molecule has 128 valence electrons. The van der Waals surface area contributed by atoms with Crippen molar-refractivity contribution in [2.24, 2.45) is 0 Å². The van der Waals surface area contributed by atoms with Gasteiger partial charge in [0.2, 0.25) is 0 Å². The highest BCUT2D eigenvalue weighted by Gasteiger charge is 2.29. The summed E-state index contributed by atoms with van der Waals surface area (Å²) >= 11 is 23.8. The van der Waals surface area contributed by atoms with Crippen LogP contribution >= 0.6 is 46.4 Å². The highest BCUT2D eigenvalue weighted by molar-refractivity contribution is 6.42. The average Bonchev–Trinajstić information content (AvgIpc) is 2.54. The van der Waals surface area contributed by atoms with E-state index < -0.39 is 11.5 Å². The summed E-state index contributed by atoms with van der Waals surface area (Å²) in [7, 11) is 0. The summed E-state index contributed by atoms with van der Waals surface area (Å²) in [6.45, 7) is 1.81. The molecule has 2 aromatic carbocycles. The average molecular weight is 407 g/mol. The Morgan fingerprint density at radius 2 is 1.75 bits per heavy atom. The maximum absolute atomic E-state index is 12.3. The van der Waals surface area contributed by atoms with Gasteiger partial charge in [-0.05, 0) is 42.3 Å². The van der Waals surface area contributed by atoms with Crippen LogP contribution < -0.4 is 5.32 Å². The van der Waals surface area contributed by atoms with Crippen molar-refractivity contribution in [1.29, 1.82) is 0 Å². The Balaban J connectivity index is 2.17. The van der Waals surface area contributed by atoms with Gasteiger partial charge < -0.3 is 10.4 Å². The standard InChI is InChI=1S/C17H15Cl4NO2/c1-2-17(24,10-3-6-13(19)15(21)7-10)9-22-16(23)12-5-4-11(18)8-14(12)20/h3-8,24H,2,9H2,1H3,(H,22,23). The largest absolute Gasteiger partial charge is 0.383 e. The number of halogens is 4. The van der Waals surface area contributed by atoms with Crippen LogP contribution in [0.2, 0.25) is 20.1 Å². The zero-order valence-corrected chi connectivity index (χ0v) is 15.8. The van der Waals surface area contributed by atoms with Crippen LogP contribution in [-0.4, -0.2) is 17.6 Å². The molecule has 0 fully saturated rings. The molecule has 0 heterocycles. The summed E-state index contributed by atoms with van der Waals surface area (Å²) in [6, 6.07) is 9.48. The molecule has 1 amide bonds. The second-order valence-electron chi connectivity index (χ2n) is 5.32. The van der Waals surface area contributed by atoms with Gasteiger partial charge in [-0.2, -0.15) is 0 Å². The molecule has 0 bridgehead atoms. The third-order valence-corrected chi connectivity index (χ3v) is 5.05. The lowest BCUT2D eigenvalue weighted by molar-refractivity contribution is 0.0314. The second kappa shape index (κ2) is 7.94. The minimum atomic E-state index is -1.28. The quantitative estimate of drug-likeness (QED) is 0.705. The molecule has 0 saturated carbocycles. The van der Waals surface area contributed by atoms with Crippen LogP contribution in [0.3, 0.4) is 0 Å². The van der Waals surface area contributed by atoms with Gasteiger partial charge in [0.25, 0.3) is 5.91 Å². The minimum absolute atomic E-state index is 0.000744. The fourth-order valence-electron chi connectivity index (χ4n) is 2.21. The predicted octanol–water partition coefficient (Wildman–Crippen LogP) is 5.33. The molecule has 0 saturated heterocycles. The van der Waals surface area contributed by atoms with E-state index in [2.05, 4.69) is 5.32 Å². The molecule has 1 unspecified atom stereocenters. The molecule has 0 spiro atoms. The van der Waals surface area contributed by atoms with E-state index in [-0.39, 0.29) is 17.1 Å². The van der Waals surface area contributed by atoms with Crippen molar-refractivity contribution < 1.29 is 9.90 Å². The first-order valence-electron chi connectivity index (χ1n) is 7.18. The molecule has 24 heavy (non-hydrogen) atoms. The lowest BCUT2D eigenvalue weighted by Crippen LogP contribution is -2.40. The third-order valence-electron chi connectivity index (χ3n) is 3.76. The lowest BCUT2D eigenvalue weighted by Gasteiger charge is -2.28. The highest BCUT2D eigenvalue weighted by Crippen LogP contribution is 2.30. The van der Waals surface area contributed by atoms with E-state index in [4.69, 9.17) is 46.4 Å². The first kappa shape index (κ1) is 19.4. The number of aliphatic hydroxyl groups is 1. The van der Waals surface area contributed by atoms with Crippen LogP contribution in [-0.2, 0) is 5.60 Å². The van der Waals surface area contributed by atoms with E-state index in [0.29, 0.717) is 27.1 Å². The zero-order chi connectivity index (χ0) is 17.9. The van der Waals surface area contributed by atoms with Crippen molar-refractivity contribution in [3.8, 4) is 0 Å². The van der Waals surface area contributed by atoms with Crippen molar-refractivity contribution in [3.05, 3.63) is 67.6 Å². The Hall–Kier alpha value is -0.970.